The molecule has 0 radical (unpaired) electrons. The van der Waals surface area contributed by atoms with Crippen LogP contribution in [0.4, 0.5) is 0 Å². The second kappa shape index (κ2) is 12.7. The summed E-state index contributed by atoms with van der Waals surface area (Å²) in [5.74, 6) is 0.310. The molecule has 4 amide bonds. The Labute approximate surface area is 257 Å². The summed E-state index contributed by atoms with van der Waals surface area (Å²) in [6.45, 7) is 5.65. The van der Waals surface area contributed by atoms with Gasteiger partial charge < -0.3 is 14.5 Å². The molecule has 43 heavy (non-hydrogen) atoms. The lowest BCUT2D eigenvalue weighted by Gasteiger charge is -2.40. The molecule has 0 spiro atoms. The summed E-state index contributed by atoms with van der Waals surface area (Å²) in [5.41, 5.74) is 3.64. The van der Waals surface area contributed by atoms with E-state index in [1.165, 1.54) is 10.5 Å². The van der Waals surface area contributed by atoms with Crippen LogP contribution >= 0.6 is 11.6 Å². The zero-order valence-electron chi connectivity index (χ0n) is 24.6. The molecule has 0 aromatic heterocycles. The van der Waals surface area contributed by atoms with Crippen LogP contribution in [0, 0.1) is 6.92 Å². The second-order valence-electron chi connectivity index (χ2n) is 12.2. The molecule has 4 aliphatic rings. The van der Waals surface area contributed by atoms with Crippen LogP contribution in [0.25, 0.3) is 0 Å². The van der Waals surface area contributed by atoms with Gasteiger partial charge in [-0.05, 0) is 80.8 Å². The average Bonchev–Trinajstić information content (AvgIpc) is 3.35. The van der Waals surface area contributed by atoms with Crippen LogP contribution in [0.3, 0.4) is 0 Å². The first-order valence-electron chi connectivity index (χ1n) is 15.5. The monoisotopic (exact) mass is 606 g/mol. The van der Waals surface area contributed by atoms with Gasteiger partial charge in [0.1, 0.15) is 18.4 Å². The number of carbonyl (C=O) groups excluding carboxylic acids is 4. The number of fused-ring (bicyclic) bond motifs is 1. The maximum Gasteiger partial charge on any atom is 0.255 e. The number of hydrogen-bond acceptors (Lipinski definition) is 6. The average molecular weight is 607 g/mol. The van der Waals surface area contributed by atoms with Crippen molar-refractivity contribution in [1.82, 2.24) is 20.0 Å². The van der Waals surface area contributed by atoms with Crippen molar-refractivity contribution >= 4 is 35.2 Å². The highest BCUT2D eigenvalue weighted by Gasteiger charge is 2.40. The molecule has 6 rings (SSSR count). The largest absolute Gasteiger partial charge is 0.492 e. The Hall–Kier alpha value is -3.43. The van der Waals surface area contributed by atoms with Gasteiger partial charge in [-0.1, -0.05) is 36.2 Å². The number of amides is 4. The number of benzene rings is 2. The van der Waals surface area contributed by atoms with E-state index in [1.807, 2.05) is 17.9 Å². The molecule has 228 valence electrons. The number of ether oxygens (including phenoxy) is 1. The summed E-state index contributed by atoms with van der Waals surface area (Å²) < 4.78 is 6.22. The second-order valence-corrected chi connectivity index (χ2v) is 12.6. The van der Waals surface area contributed by atoms with Gasteiger partial charge in [0.25, 0.3) is 5.91 Å². The van der Waals surface area contributed by atoms with Crippen molar-refractivity contribution in [3.05, 3.63) is 63.7 Å². The molecule has 10 heteroatoms. The lowest BCUT2D eigenvalue weighted by molar-refractivity contribution is -0.140. The van der Waals surface area contributed by atoms with Crippen molar-refractivity contribution in [1.29, 1.82) is 0 Å². The lowest BCUT2D eigenvalue weighted by atomic mass is 9.88. The molecule has 2 atom stereocenters. The van der Waals surface area contributed by atoms with Crippen molar-refractivity contribution in [2.75, 3.05) is 32.8 Å². The van der Waals surface area contributed by atoms with Crippen LogP contribution in [0.2, 0.25) is 5.02 Å². The first-order valence-corrected chi connectivity index (χ1v) is 15.9. The molecule has 9 nitrogen and oxygen atoms in total. The topological polar surface area (TPSA) is 99.3 Å². The van der Waals surface area contributed by atoms with E-state index < -0.39 is 11.9 Å². The molecule has 3 fully saturated rings. The predicted octanol–water partition coefficient (Wildman–Crippen LogP) is 4.05. The van der Waals surface area contributed by atoms with E-state index in [1.54, 1.807) is 12.1 Å². The summed E-state index contributed by atoms with van der Waals surface area (Å²) in [6.07, 6.45) is 5.36. The molecule has 1 N–H and O–H groups in total. The number of carbonyl (C=O) groups is 4. The lowest BCUT2D eigenvalue weighted by Crippen LogP contribution is -2.53. The molecular weight excluding hydrogens is 568 g/mol. The molecule has 0 bridgehead atoms. The fraction of sp³-hybridized carbons (Fsp3) is 0.515. The number of piperidine rings is 3. The van der Waals surface area contributed by atoms with Gasteiger partial charge in [0.2, 0.25) is 17.7 Å². The number of nitrogens with one attached hydrogen (secondary N) is 1. The van der Waals surface area contributed by atoms with E-state index in [2.05, 4.69) is 28.4 Å². The number of nitrogens with zero attached hydrogens (tertiary/aromatic N) is 3. The minimum absolute atomic E-state index is 0.145. The number of aryl methyl sites for hydroxylation is 1. The molecule has 0 saturated carbocycles. The highest BCUT2D eigenvalue weighted by Crippen LogP contribution is 2.34. The van der Waals surface area contributed by atoms with Crippen LogP contribution in [0.5, 0.6) is 5.75 Å². The van der Waals surface area contributed by atoms with Crippen LogP contribution in [-0.2, 0) is 20.9 Å². The summed E-state index contributed by atoms with van der Waals surface area (Å²) in [4.78, 5) is 56.7. The van der Waals surface area contributed by atoms with E-state index in [-0.39, 0.29) is 36.7 Å². The standard InChI is InChI=1S/C33H39ClN4O5/c1-21-8-9-23(19-26(21)34)22-12-15-37(16-13-22)33(42)28-6-2-3-14-36(28)17-18-43-29-7-4-5-24-25(29)20-38(32(24)41)27-10-11-30(39)35-31(27)40/h4-5,7-9,19,22,27-28H,2-3,6,10-18,20H2,1H3,(H,35,39,40). The minimum Gasteiger partial charge on any atom is -0.492 e. The zero-order chi connectivity index (χ0) is 30.1. The minimum atomic E-state index is -0.662. The van der Waals surface area contributed by atoms with Gasteiger partial charge in [-0.3, -0.25) is 29.4 Å². The highest BCUT2D eigenvalue weighted by molar-refractivity contribution is 6.31. The third-order valence-corrected chi connectivity index (χ3v) is 9.96. The van der Waals surface area contributed by atoms with E-state index >= 15 is 0 Å². The normalized spacial score (nSPS) is 23.3. The van der Waals surface area contributed by atoms with Crippen LogP contribution in [-0.4, -0.2) is 83.2 Å². The maximum atomic E-state index is 13.7. The third kappa shape index (κ3) is 6.15. The summed E-state index contributed by atoms with van der Waals surface area (Å²) in [5, 5.41) is 3.15. The Bertz CT molecular complexity index is 1420. The Morgan fingerprint density at radius 1 is 1.02 bits per heavy atom. The molecule has 3 saturated heterocycles. The van der Waals surface area contributed by atoms with Crippen LogP contribution in [0.15, 0.2) is 36.4 Å². The van der Waals surface area contributed by atoms with E-state index in [4.69, 9.17) is 16.3 Å². The predicted molar refractivity (Wildman–Crippen MR) is 162 cm³/mol. The van der Waals surface area contributed by atoms with E-state index in [0.717, 1.165) is 67.9 Å². The number of rotatable bonds is 7. The van der Waals surface area contributed by atoms with E-state index in [0.29, 0.717) is 36.8 Å². The molecule has 2 aromatic carbocycles. The smallest absolute Gasteiger partial charge is 0.255 e. The summed E-state index contributed by atoms with van der Waals surface area (Å²) in [6, 6.07) is 10.9. The summed E-state index contributed by atoms with van der Waals surface area (Å²) in [7, 11) is 0. The molecular formula is C33H39ClN4O5. The van der Waals surface area contributed by atoms with E-state index in [9.17, 15) is 19.2 Å². The van der Waals surface area contributed by atoms with Gasteiger partial charge >= 0.3 is 0 Å². The quantitative estimate of drug-likeness (QED) is 0.478. The first-order chi connectivity index (χ1) is 20.8. The number of halogens is 1. The van der Waals surface area contributed by atoms with Crippen LogP contribution < -0.4 is 10.1 Å². The molecule has 4 heterocycles. The van der Waals surface area contributed by atoms with Gasteiger partial charge in [0.15, 0.2) is 0 Å². The fourth-order valence-electron chi connectivity index (χ4n) is 7.01. The van der Waals surface area contributed by atoms with Gasteiger partial charge in [-0.15, -0.1) is 0 Å². The van der Waals surface area contributed by atoms with Crippen molar-refractivity contribution in [2.24, 2.45) is 0 Å². The molecule has 2 unspecified atom stereocenters. The summed E-state index contributed by atoms with van der Waals surface area (Å²) >= 11 is 6.37. The molecule has 0 aliphatic carbocycles. The zero-order valence-corrected chi connectivity index (χ0v) is 25.4. The van der Waals surface area contributed by atoms with Gasteiger partial charge in [-0.25, -0.2) is 0 Å². The van der Waals surface area contributed by atoms with Crippen molar-refractivity contribution in [2.45, 2.75) is 76.4 Å². The maximum absolute atomic E-state index is 13.7. The van der Waals surface area contributed by atoms with Crippen LogP contribution in [0.1, 0.15) is 77.9 Å². The number of likely N-dealkylation sites (tertiary alicyclic amines) is 2. The van der Waals surface area contributed by atoms with Gasteiger partial charge in [-0.2, -0.15) is 0 Å². The van der Waals surface area contributed by atoms with Crippen molar-refractivity contribution < 1.29 is 23.9 Å². The fourth-order valence-corrected chi connectivity index (χ4v) is 7.20. The highest BCUT2D eigenvalue weighted by atomic mass is 35.5. The Balaban J connectivity index is 1.04. The first kappa shape index (κ1) is 29.6. The SMILES string of the molecule is Cc1ccc(C2CCN(C(=O)C3CCCCN3CCOc3cccc4c3CN(C3CCC(=O)NC3=O)C4=O)CC2)cc1Cl. The number of hydrogen-bond donors (Lipinski definition) is 1. The van der Waals surface area contributed by atoms with Crippen molar-refractivity contribution in [3.8, 4) is 5.75 Å². The Morgan fingerprint density at radius 2 is 1.84 bits per heavy atom. The third-order valence-electron chi connectivity index (χ3n) is 9.55. The molecule has 2 aromatic rings. The van der Waals surface area contributed by atoms with Gasteiger partial charge in [0, 0.05) is 42.2 Å². The van der Waals surface area contributed by atoms with Crippen molar-refractivity contribution in [3.63, 3.8) is 0 Å². The Morgan fingerprint density at radius 3 is 2.60 bits per heavy atom. The molecule has 4 aliphatic heterocycles. The number of imide groups is 1. The Kier molecular flexibility index (Phi) is 8.73. The van der Waals surface area contributed by atoms with Gasteiger partial charge in [0.05, 0.1) is 12.6 Å².